The molecule has 0 amide bonds. The number of rotatable bonds is 2. The Morgan fingerprint density at radius 2 is 2.06 bits per heavy atom. The van der Waals surface area contributed by atoms with Gasteiger partial charge in [0.25, 0.3) is 0 Å². The molecule has 3 rings (SSSR count). The van der Waals surface area contributed by atoms with Gasteiger partial charge in [-0.25, -0.2) is 0 Å². The Morgan fingerprint density at radius 1 is 1.25 bits per heavy atom. The van der Waals surface area contributed by atoms with Crippen LogP contribution in [0, 0.1) is 0 Å². The fourth-order valence-corrected chi connectivity index (χ4v) is 2.65. The number of aromatic nitrogens is 1. The minimum Gasteiger partial charge on any atom is -0.378 e. The summed E-state index contributed by atoms with van der Waals surface area (Å²) in [4.78, 5) is 6.79. The van der Waals surface area contributed by atoms with Crippen molar-refractivity contribution < 1.29 is 4.74 Å². The SMILES string of the molecule is c1cncc(C2CCN(C3COC3)CC2)c1. The lowest BCUT2D eigenvalue weighted by Gasteiger charge is -2.41. The quantitative estimate of drug-likeness (QED) is 0.755. The summed E-state index contributed by atoms with van der Waals surface area (Å²) in [7, 11) is 0. The molecule has 3 heterocycles. The summed E-state index contributed by atoms with van der Waals surface area (Å²) in [6.45, 7) is 4.32. The number of nitrogens with zero attached hydrogens (tertiary/aromatic N) is 2. The number of piperidine rings is 1. The minimum absolute atomic E-state index is 0.704. The van der Waals surface area contributed by atoms with Gasteiger partial charge in [-0.05, 0) is 43.5 Å². The first-order valence-corrected chi connectivity index (χ1v) is 6.15. The molecule has 16 heavy (non-hydrogen) atoms. The molecule has 0 aliphatic carbocycles. The van der Waals surface area contributed by atoms with Crippen LogP contribution in [0.3, 0.4) is 0 Å². The zero-order valence-electron chi connectivity index (χ0n) is 9.51. The Morgan fingerprint density at radius 3 is 2.62 bits per heavy atom. The molecule has 1 aromatic rings. The Bertz CT molecular complexity index is 329. The molecule has 2 fully saturated rings. The van der Waals surface area contributed by atoms with Gasteiger partial charge in [-0.2, -0.15) is 0 Å². The Labute approximate surface area is 96.4 Å². The van der Waals surface area contributed by atoms with Crippen LogP contribution in [0.4, 0.5) is 0 Å². The smallest absolute Gasteiger partial charge is 0.0645 e. The van der Waals surface area contributed by atoms with Crippen LogP contribution >= 0.6 is 0 Å². The van der Waals surface area contributed by atoms with E-state index < -0.39 is 0 Å². The average Bonchev–Trinajstić information content (AvgIpc) is 2.29. The van der Waals surface area contributed by atoms with E-state index in [9.17, 15) is 0 Å². The third-order valence-corrected chi connectivity index (χ3v) is 3.82. The highest BCUT2D eigenvalue weighted by molar-refractivity contribution is 5.15. The van der Waals surface area contributed by atoms with E-state index in [1.54, 1.807) is 0 Å². The standard InChI is InChI=1S/C13H18N2O/c1-2-12(8-14-5-1)11-3-6-15(7-4-11)13-9-16-10-13/h1-2,5,8,11,13H,3-4,6-7,9-10H2. The Kier molecular flexibility index (Phi) is 2.89. The molecule has 86 valence electrons. The first-order chi connectivity index (χ1) is 7.93. The largest absolute Gasteiger partial charge is 0.378 e. The molecule has 0 bridgehead atoms. The van der Waals surface area contributed by atoms with E-state index in [2.05, 4.69) is 16.0 Å². The molecule has 2 aliphatic heterocycles. The van der Waals surface area contributed by atoms with Crippen LogP contribution < -0.4 is 0 Å². The zero-order chi connectivity index (χ0) is 10.8. The van der Waals surface area contributed by atoms with Gasteiger partial charge < -0.3 is 4.74 Å². The molecular weight excluding hydrogens is 200 g/mol. The zero-order valence-corrected chi connectivity index (χ0v) is 9.51. The molecule has 0 atom stereocenters. The van der Waals surface area contributed by atoms with E-state index >= 15 is 0 Å². The Hall–Kier alpha value is -0.930. The number of pyridine rings is 1. The highest BCUT2D eigenvalue weighted by Crippen LogP contribution is 2.29. The van der Waals surface area contributed by atoms with Crippen LogP contribution in [-0.2, 0) is 4.74 Å². The van der Waals surface area contributed by atoms with Gasteiger partial charge in [0.15, 0.2) is 0 Å². The fraction of sp³-hybridized carbons (Fsp3) is 0.615. The van der Waals surface area contributed by atoms with Crippen molar-refractivity contribution in [1.82, 2.24) is 9.88 Å². The predicted molar refractivity (Wildman–Crippen MR) is 62.4 cm³/mol. The third-order valence-electron chi connectivity index (χ3n) is 3.82. The van der Waals surface area contributed by atoms with Crippen LogP contribution in [0.5, 0.6) is 0 Å². The highest BCUT2D eigenvalue weighted by Gasteiger charge is 2.29. The van der Waals surface area contributed by atoms with Gasteiger partial charge in [0.05, 0.1) is 19.3 Å². The summed E-state index contributed by atoms with van der Waals surface area (Å²) < 4.78 is 5.25. The summed E-state index contributed by atoms with van der Waals surface area (Å²) in [5.41, 5.74) is 1.41. The maximum Gasteiger partial charge on any atom is 0.0645 e. The van der Waals surface area contributed by atoms with Gasteiger partial charge in [-0.1, -0.05) is 6.07 Å². The van der Waals surface area contributed by atoms with Gasteiger partial charge in [-0.3, -0.25) is 9.88 Å². The Balaban J connectivity index is 1.58. The van der Waals surface area contributed by atoms with Crippen molar-refractivity contribution in [2.24, 2.45) is 0 Å². The molecule has 0 unspecified atom stereocenters. The second kappa shape index (κ2) is 4.52. The summed E-state index contributed by atoms with van der Waals surface area (Å²) >= 11 is 0. The summed E-state index contributed by atoms with van der Waals surface area (Å²) in [5.74, 6) is 0.714. The van der Waals surface area contributed by atoms with E-state index in [1.165, 1.54) is 31.5 Å². The van der Waals surface area contributed by atoms with Crippen molar-refractivity contribution in [2.75, 3.05) is 26.3 Å². The average molecular weight is 218 g/mol. The lowest BCUT2D eigenvalue weighted by Crippen LogP contribution is -2.51. The normalized spacial score (nSPS) is 24.2. The maximum atomic E-state index is 5.25. The van der Waals surface area contributed by atoms with E-state index in [0.717, 1.165) is 13.2 Å². The second-order valence-corrected chi connectivity index (χ2v) is 4.79. The molecule has 0 aromatic carbocycles. The highest BCUT2D eigenvalue weighted by atomic mass is 16.5. The van der Waals surface area contributed by atoms with Gasteiger partial charge in [0.1, 0.15) is 0 Å². The van der Waals surface area contributed by atoms with Crippen molar-refractivity contribution in [3.63, 3.8) is 0 Å². The fourth-order valence-electron chi connectivity index (χ4n) is 2.65. The molecule has 2 saturated heterocycles. The molecule has 0 N–H and O–H groups in total. The van der Waals surface area contributed by atoms with Crippen molar-refractivity contribution >= 4 is 0 Å². The van der Waals surface area contributed by atoms with E-state index in [1.807, 2.05) is 18.5 Å². The topological polar surface area (TPSA) is 25.4 Å². The molecule has 3 heteroatoms. The number of hydrogen-bond donors (Lipinski definition) is 0. The minimum atomic E-state index is 0.704. The predicted octanol–water partition coefficient (Wildman–Crippen LogP) is 1.66. The van der Waals surface area contributed by atoms with Crippen LogP contribution in [0.25, 0.3) is 0 Å². The van der Waals surface area contributed by atoms with Crippen molar-refractivity contribution in [1.29, 1.82) is 0 Å². The van der Waals surface area contributed by atoms with Crippen LogP contribution in [-0.4, -0.2) is 42.2 Å². The lowest BCUT2D eigenvalue weighted by atomic mass is 9.90. The van der Waals surface area contributed by atoms with Crippen molar-refractivity contribution in [3.05, 3.63) is 30.1 Å². The molecule has 1 aromatic heterocycles. The molecule has 2 aliphatic rings. The number of likely N-dealkylation sites (tertiary alicyclic amines) is 1. The van der Waals surface area contributed by atoms with Crippen LogP contribution in [0.1, 0.15) is 24.3 Å². The van der Waals surface area contributed by atoms with Gasteiger partial charge in [0.2, 0.25) is 0 Å². The third kappa shape index (κ3) is 1.97. The monoisotopic (exact) mass is 218 g/mol. The molecular formula is C13H18N2O. The first kappa shape index (κ1) is 10.2. The first-order valence-electron chi connectivity index (χ1n) is 6.15. The number of hydrogen-bond acceptors (Lipinski definition) is 3. The van der Waals surface area contributed by atoms with Crippen molar-refractivity contribution in [2.45, 2.75) is 24.8 Å². The summed E-state index contributed by atoms with van der Waals surface area (Å²) in [5, 5.41) is 0. The second-order valence-electron chi connectivity index (χ2n) is 4.79. The maximum absolute atomic E-state index is 5.25. The molecule has 0 saturated carbocycles. The summed E-state index contributed by atoms with van der Waals surface area (Å²) in [6.07, 6.45) is 6.40. The van der Waals surface area contributed by atoms with E-state index in [-0.39, 0.29) is 0 Å². The van der Waals surface area contributed by atoms with E-state index in [4.69, 9.17) is 4.74 Å². The van der Waals surface area contributed by atoms with Gasteiger partial charge in [0, 0.05) is 12.4 Å². The number of ether oxygens (including phenoxy) is 1. The molecule has 0 radical (unpaired) electrons. The van der Waals surface area contributed by atoms with Crippen LogP contribution in [0.2, 0.25) is 0 Å². The van der Waals surface area contributed by atoms with Crippen LogP contribution in [0.15, 0.2) is 24.5 Å². The summed E-state index contributed by atoms with van der Waals surface area (Å²) in [6, 6.07) is 4.95. The van der Waals surface area contributed by atoms with Gasteiger partial charge in [-0.15, -0.1) is 0 Å². The van der Waals surface area contributed by atoms with E-state index in [0.29, 0.717) is 12.0 Å². The lowest BCUT2D eigenvalue weighted by molar-refractivity contribution is -0.0712. The van der Waals surface area contributed by atoms with Crippen molar-refractivity contribution in [3.8, 4) is 0 Å². The molecule has 0 spiro atoms. The van der Waals surface area contributed by atoms with Gasteiger partial charge >= 0.3 is 0 Å². The molecule has 3 nitrogen and oxygen atoms in total.